The first-order valence-electron chi connectivity index (χ1n) is 6.46. The molecule has 0 aromatic heterocycles. The molecule has 0 aliphatic rings. The summed E-state index contributed by atoms with van der Waals surface area (Å²) in [6.45, 7) is 22.4. The predicted molar refractivity (Wildman–Crippen MR) is 74.4 cm³/mol. The summed E-state index contributed by atoms with van der Waals surface area (Å²) >= 11 is 0. The summed E-state index contributed by atoms with van der Waals surface area (Å²) in [6.07, 6.45) is 1.05. The lowest BCUT2D eigenvalue weighted by Gasteiger charge is -2.46. The molecule has 0 atom stereocenters. The van der Waals surface area contributed by atoms with E-state index in [0.717, 1.165) is 12.1 Å². The van der Waals surface area contributed by atoms with Crippen molar-refractivity contribution >= 4 is 0 Å². The highest BCUT2D eigenvalue weighted by atomic mass is 15.0. The van der Waals surface area contributed by atoms with Crippen molar-refractivity contribution in [1.82, 2.24) is 5.32 Å². The highest BCUT2D eigenvalue weighted by Crippen LogP contribution is 2.38. The zero-order chi connectivity index (χ0) is 13.1. The van der Waals surface area contributed by atoms with Crippen LogP contribution in [0.2, 0.25) is 0 Å². The van der Waals surface area contributed by atoms with Gasteiger partial charge in [-0.1, -0.05) is 48.1 Å². The lowest BCUT2D eigenvalue weighted by molar-refractivity contribution is 0.104. The summed E-state index contributed by atoms with van der Waals surface area (Å²) in [6, 6.07) is 0. The van der Waals surface area contributed by atoms with Crippen molar-refractivity contribution in [3.63, 3.8) is 0 Å². The van der Waals surface area contributed by atoms with E-state index < -0.39 is 0 Å². The first kappa shape index (κ1) is 15.5. The molecule has 1 heteroatoms. The van der Waals surface area contributed by atoms with E-state index in [1.54, 1.807) is 0 Å². The van der Waals surface area contributed by atoms with Gasteiger partial charge in [0.05, 0.1) is 0 Å². The highest BCUT2D eigenvalue weighted by molar-refractivity contribution is 5.04. The van der Waals surface area contributed by atoms with Crippen molar-refractivity contribution in [3.8, 4) is 0 Å². The number of hydrogen-bond donors (Lipinski definition) is 1. The quantitative estimate of drug-likeness (QED) is 0.697. The van der Waals surface area contributed by atoms with Crippen LogP contribution in [0.4, 0.5) is 0 Å². The summed E-state index contributed by atoms with van der Waals surface area (Å²) in [5.74, 6) is 1.31. The van der Waals surface area contributed by atoms with Crippen LogP contribution in [0.1, 0.15) is 61.8 Å². The van der Waals surface area contributed by atoms with Gasteiger partial charge in [-0.15, -0.1) is 0 Å². The van der Waals surface area contributed by atoms with Gasteiger partial charge in [-0.3, -0.25) is 0 Å². The predicted octanol–water partition coefficient (Wildman–Crippen LogP) is 4.60. The van der Waals surface area contributed by atoms with Crippen LogP contribution in [0.3, 0.4) is 0 Å². The van der Waals surface area contributed by atoms with Gasteiger partial charge in [0.2, 0.25) is 0 Å². The second kappa shape index (κ2) is 5.25. The fourth-order valence-electron chi connectivity index (χ4n) is 1.87. The van der Waals surface area contributed by atoms with Gasteiger partial charge < -0.3 is 5.32 Å². The first-order valence-corrected chi connectivity index (χ1v) is 6.46. The molecule has 0 heterocycles. The van der Waals surface area contributed by atoms with Gasteiger partial charge >= 0.3 is 0 Å². The van der Waals surface area contributed by atoms with Gasteiger partial charge in [-0.25, -0.2) is 0 Å². The van der Waals surface area contributed by atoms with Crippen LogP contribution in [-0.4, -0.2) is 5.54 Å². The Morgan fingerprint density at radius 3 is 1.81 bits per heavy atom. The molecule has 0 fully saturated rings. The Morgan fingerprint density at radius 2 is 1.50 bits per heavy atom. The number of nitrogens with one attached hydrogen (secondary N) is 1. The molecule has 16 heavy (non-hydrogen) atoms. The average molecular weight is 225 g/mol. The molecule has 0 rings (SSSR count). The molecule has 0 spiro atoms. The molecule has 0 aliphatic heterocycles. The van der Waals surface area contributed by atoms with Gasteiger partial charge in [0, 0.05) is 11.2 Å². The summed E-state index contributed by atoms with van der Waals surface area (Å²) < 4.78 is 0. The summed E-state index contributed by atoms with van der Waals surface area (Å²) in [5, 5.41) is 3.61. The van der Waals surface area contributed by atoms with E-state index in [1.807, 2.05) is 0 Å². The van der Waals surface area contributed by atoms with Crippen LogP contribution in [0.25, 0.3) is 0 Å². The van der Waals surface area contributed by atoms with Gasteiger partial charge in [0.25, 0.3) is 0 Å². The van der Waals surface area contributed by atoms with E-state index in [9.17, 15) is 0 Å². The van der Waals surface area contributed by atoms with E-state index in [-0.39, 0.29) is 11.0 Å². The van der Waals surface area contributed by atoms with Crippen molar-refractivity contribution in [1.29, 1.82) is 0 Å². The van der Waals surface area contributed by atoms with Crippen LogP contribution in [0.5, 0.6) is 0 Å². The van der Waals surface area contributed by atoms with Gasteiger partial charge in [0.15, 0.2) is 0 Å². The van der Waals surface area contributed by atoms with Gasteiger partial charge in [0.1, 0.15) is 0 Å². The minimum atomic E-state index is 0.0765. The zero-order valence-corrected chi connectivity index (χ0v) is 12.6. The first-order chi connectivity index (χ1) is 7.00. The Morgan fingerprint density at radius 1 is 1.06 bits per heavy atom. The molecule has 0 unspecified atom stereocenters. The molecule has 1 nitrogen and oxygen atoms in total. The smallest absolute Gasteiger partial charge is 0.0367 e. The second-order valence-electron chi connectivity index (χ2n) is 6.83. The van der Waals surface area contributed by atoms with Crippen LogP contribution >= 0.6 is 0 Å². The maximum atomic E-state index is 4.14. The van der Waals surface area contributed by atoms with E-state index in [2.05, 4.69) is 67.3 Å². The Bertz CT molecular complexity index is 234. The Hall–Kier alpha value is -0.460. The van der Waals surface area contributed by atoms with Crippen LogP contribution in [-0.2, 0) is 0 Å². The molecule has 0 saturated carbocycles. The third-order valence-electron chi connectivity index (χ3n) is 4.20. The molecular formula is C15H31N. The van der Waals surface area contributed by atoms with E-state index in [0.29, 0.717) is 11.8 Å². The minimum Gasteiger partial charge on any atom is -0.383 e. The summed E-state index contributed by atoms with van der Waals surface area (Å²) in [4.78, 5) is 0. The summed E-state index contributed by atoms with van der Waals surface area (Å²) in [5.41, 5.74) is 1.48. The molecule has 0 aliphatic carbocycles. The van der Waals surface area contributed by atoms with Crippen molar-refractivity contribution in [2.75, 3.05) is 0 Å². The third kappa shape index (κ3) is 3.84. The molecule has 0 aromatic rings. The van der Waals surface area contributed by atoms with E-state index >= 15 is 0 Å². The Kier molecular flexibility index (Phi) is 5.10. The highest BCUT2D eigenvalue weighted by Gasteiger charge is 2.39. The van der Waals surface area contributed by atoms with E-state index in [4.69, 9.17) is 0 Å². The molecule has 96 valence electrons. The Balaban J connectivity index is 4.62. The van der Waals surface area contributed by atoms with E-state index in [1.165, 1.54) is 0 Å². The fourth-order valence-corrected chi connectivity index (χ4v) is 1.87. The molecule has 0 saturated heterocycles. The maximum Gasteiger partial charge on any atom is 0.0367 e. The largest absolute Gasteiger partial charge is 0.383 e. The molecule has 0 aromatic carbocycles. The number of hydrogen-bond acceptors (Lipinski definition) is 1. The number of allylic oxidation sites excluding steroid dienone is 1. The van der Waals surface area contributed by atoms with Crippen molar-refractivity contribution < 1.29 is 0 Å². The van der Waals surface area contributed by atoms with Crippen molar-refractivity contribution in [2.24, 2.45) is 17.3 Å². The van der Waals surface area contributed by atoms with Gasteiger partial charge in [-0.2, -0.15) is 0 Å². The maximum absolute atomic E-state index is 4.14. The lowest BCUT2D eigenvalue weighted by Crippen LogP contribution is -2.53. The SMILES string of the molecule is C=C(CC(C)C)NC(C)(C)C(C)(C)C(C)C. The normalized spacial score (nSPS) is 13.4. The molecular weight excluding hydrogens is 194 g/mol. The molecule has 0 radical (unpaired) electrons. The zero-order valence-electron chi connectivity index (χ0n) is 12.6. The fraction of sp³-hybridized carbons (Fsp3) is 0.867. The van der Waals surface area contributed by atoms with Gasteiger partial charge in [-0.05, 0) is 37.5 Å². The third-order valence-corrected chi connectivity index (χ3v) is 4.20. The summed E-state index contributed by atoms with van der Waals surface area (Å²) in [7, 11) is 0. The average Bonchev–Trinajstić information content (AvgIpc) is 1.99. The minimum absolute atomic E-state index is 0.0765. The lowest BCUT2D eigenvalue weighted by atomic mass is 9.67. The van der Waals surface area contributed by atoms with Crippen LogP contribution in [0, 0.1) is 17.3 Å². The second-order valence-corrected chi connectivity index (χ2v) is 6.83. The Labute approximate surface area is 103 Å². The standard InChI is InChI=1S/C15H31N/c1-11(2)10-13(5)16-15(8,9)14(6,7)12(3)4/h11-12,16H,5,10H2,1-4,6-9H3. The monoisotopic (exact) mass is 225 g/mol. The molecule has 1 N–H and O–H groups in total. The van der Waals surface area contributed by atoms with Crippen molar-refractivity contribution in [2.45, 2.75) is 67.3 Å². The van der Waals surface area contributed by atoms with Crippen LogP contribution < -0.4 is 5.32 Å². The van der Waals surface area contributed by atoms with Crippen molar-refractivity contribution in [3.05, 3.63) is 12.3 Å². The molecule has 0 amide bonds. The molecule has 0 bridgehead atoms. The van der Waals surface area contributed by atoms with Crippen LogP contribution in [0.15, 0.2) is 12.3 Å². The number of rotatable bonds is 6. The topological polar surface area (TPSA) is 12.0 Å².